The molecule has 1 aromatic rings. The fourth-order valence-electron chi connectivity index (χ4n) is 3.25. The number of rotatable bonds is 2. The van der Waals surface area contributed by atoms with Crippen LogP contribution in [0.1, 0.15) is 37.8 Å². The van der Waals surface area contributed by atoms with Crippen LogP contribution in [0.3, 0.4) is 0 Å². The molecule has 16 heavy (non-hydrogen) atoms. The van der Waals surface area contributed by atoms with Crippen molar-refractivity contribution in [3.8, 4) is 0 Å². The Hall–Kier alpha value is -0.820. The van der Waals surface area contributed by atoms with Crippen molar-refractivity contribution in [3.05, 3.63) is 35.4 Å². The largest absolute Gasteiger partial charge is 0.325 e. The van der Waals surface area contributed by atoms with E-state index in [4.69, 9.17) is 5.73 Å². The van der Waals surface area contributed by atoms with Crippen molar-refractivity contribution in [2.75, 3.05) is 0 Å². The second-order valence-corrected chi connectivity index (χ2v) is 6.25. The minimum absolute atomic E-state index is 0.125. The summed E-state index contributed by atoms with van der Waals surface area (Å²) in [7, 11) is 0. The van der Waals surface area contributed by atoms with Gasteiger partial charge in [-0.15, -0.1) is 0 Å². The van der Waals surface area contributed by atoms with Crippen molar-refractivity contribution in [3.63, 3.8) is 0 Å². The van der Waals surface area contributed by atoms with Gasteiger partial charge in [-0.1, -0.05) is 38.1 Å². The topological polar surface area (TPSA) is 26.0 Å². The average Bonchev–Trinajstić information content (AvgIpc) is 2.87. The highest BCUT2D eigenvalue weighted by Gasteiger charge is 2.55. The summed E-state index contributed by atoms with van der Waals surface area (Å²) in [4.78, 5) is 0. The van der Waals surface area contributed by atoms with Crippen LogP contribution >= 0.6 is 0 Å². The molecule has 0 spiro atoms. The van der Waals surface area contributed by atoms with E-state index in [9.17, 15) is 0 Å². The van der Waals surface area contributed by atoms with Crippen LogP contribution in [-0.2, 0) is 12.8 Å². The molecule has 0 unspecified atom stereocenters. The third-order valence-corrected chi connectivity index (χ3v) is 5.14. The van der Waals surface area contributed by atoms with Crippen molar-refractivity contribution < 1.29 is 0 Å². The molecule has 2 N–H and O–H groups in total. The number of hydrogen-bond acceptors (Lipinski definition) is 1. The van der Waals surface area contributed by atoms with Gasteiger partial charge in [0.15, 0.2) is 0 Å². The molecular formula is C15H21N. The van der Waals surface area contributed by atoms with Gasteiger partial charge in [0.1, 0.15) is 0 Å². The lowest BCUT2D eigenvalue weighted by Crippen LogP contribution is -2.45. The third-order valence-electron chi connectivity index (χ3n) is 5.14. The van der Waals surface area contributed by atoms with Gasteiger partial charge in [0.2, 0.25) is 0 Å². The molecule has 0 radical (unpaired) electrons. The maximum atomic E-state index is 6.44. The van der Waals surface area contributed by atoms with Gasteiger partial charge in [-0.25, -0.2) is 0 Å². The van der Waals surface area contributed by atoms with Gasteiger partial charge >= 0.3 is 0 Å². The Morgan fingerprint density at radius 1 is 1.12 bits per heavy atom. The molecule has 2 aliphatic carbocycles. The summed E-state index contributed by atoms with van der Waals surface area (Å²) in [5, 5.41) is 0. The highest BCUT2D eigenvalue weighted by molar-refractivity contribution is 5.33. The lowest BCUT2D eigenvalue weighted by Gasteiger charge is -2.38. The Labute approximate surface area is 98.0 Å². The Kier molecular flexibility index (Phi) is 2.00. The average molecular weight is 215 g/mol. The van der Waals surface area contributed by atoms with E-state index in [1.54, 1.807) is 11.1 Å². The van der Waals surface area contributed by atoms with Gasteiger partial charge in [-0.05, 0) is 48.1 Å². The van der Waals surface area contributed by atoms with Gasteiger partial charge in [-0.3, -0.25) is 0 Å². The van der Waals surface area contributed by atoms with Crippen LogP contribution in [0.25, 0.3) is 0 Å². The van der Waals surface area contributed by atoms with Crippen LogP contribution in [0.15, 0.2) is 24.3 Å². The fourth-order valence-corrected chi connectivity index (χ4v) is 3.25. The lowest BCUT2D eigenvalue weighted by atomic mass is 9.70. The van der Waals surface area contributed by atoms with E-state index in [1.165, 1.54) is 25.7 Å². The van der Waals surface area contributed by atoms with Gasteiger partial charge in [0.05, 0.1) is 0 Å². The van der Waals surface area contributed by atoms with E-state index in [-0.39, 0.29) is 11.0 Å². The smallest absolute Gasteiger partial charge is 0.0210 e. The van der Waals surface area contributed by atoms with Gasteiger partial charge in [0.25, 0.3) is 0 Å². The normalized spacial score (nSPS) is 23.2. The van der Waals surface area contributed by atoms with Gasteiger partial charge in [-0.2, -0.15) is 0 Å². The second kappa shape index (κ2) is 3.10. The zero-order valence-corrected chi connectivity index (χ0v) is 10.3. The van der Waals surface area contributed by atoms with Crippen LogP contribution in [0.2, 0.25) is 0 Å². The SMILES string of the molecule is CC(C)(C1Cc2ccccc2C1)C1(N)CC1. The number of benzene rings is 1. The standard InChI is InChI=1S/C15H21N/c1-14(2,15(16)7-8-15)13-9-11-5-3-4-6-12(11)10-13/h3-6,13H,7-10,16H2,1-2H3. The molecule has 86 valence electrons. The summed E-state index contributed by atoms with van der Waals surface area (Å²) >= 11 is 0. The van der Waals surface area contributed by atoms with Gasteiger partial charge in [0, 0.05) is 5.54 Å². The number of fused-ring (bicyclic) bond motifs is 1. The Morgan fingerprint density at radius 2 is 1.62 bits per heavy atom. The molecule has 1 heteroatoms. The number of nitrogens with two attached hydrogens (primary N) is 1. The molecule has 1 aromatic carbocycles. The van der Waals surface area contributed by atoms with E-state index < -0.39 is 0 Å². The van der Waals surface area contributed by atoms with Crippen LogP contribution in [0.5, 0.6) is 0 Å². The maximum Gasteiger partial charge on any atom is 0.0210 e. The van der Waals surface area contributed by atoms with Crippen LogP contribution in [0.4, 0.5) is 0 Å². The fraction of sp³-hybridized carbons (Fsp3) is 0.600. The van der Waals surface area contributed by atoms with E-state index in [0.717, 1.165) is 5.92 Å². The second-order valence-electron chi connectivity index (χ2n) is 6.25. The van der Waals surface area contributed by atoms with Crippen molar-refractivity contribution in [2.45, 2.75) is 45.1 Å². The Bertz CT molecular complexity index is 390. The maximum absolute atomic E-state index is 6.44. The quantitative estimate of drug-likeness (QED) is 0.806. The van der Waals surface area contributed by atoms with Crippen LogP contribution < -0.4 is 5.73 Å². The summed E-state index contributed by atoms with van der Waals surface area (Å²) in [6, 6.07) is 8.87. The van der Waals surface area contributed by atoms with Crippen LogP contribution in [0, 0.1) is 11.3 Å². The van der Waals surface area contributed by atoms with Gasteiger partial charge < -0.3 is 5.73 Å². The van der Waals surface area contributed by atoms with E-state index in [1.807, 2.05) is 0 Å². The zero-order valence-electron chi connectivity index (χ0n) is 10.3. The van der Waals surface area contributed by atoms with Crippen molar-refractivity contribution >= 4 is 0 Å². The summed E-state index contributed by atoms with van der Waals surface area (Å²) < 4.78 is 0. The van der Waals surface area contributed by atoms with Crippen LogP contribution in [-0.4, -0.2) is 5.54 Å². The van der Waals surface area contributed by atoms with E-state index in [2.05, 4.69) is 38.1 Å². The monoisotopic (exact) mass is 215 g/mol. The zero-order chi connectivity index (χ0) is 11.4. The van der Waals surface area contributed by atoms with Crippen molar-refractivity contribution in [2.24, 2.45) is 17.1 Å². The minimum Gasteiger partial charge on any atom is -0.325 e. The molecule has 1 nitrogen and oxygen atoms in total. The first-order valence-corrected chi connectivity index (χ1v) is 6.39. The summed E-state index contributed by atoms with van der Waals surface area (Å²) in [5.41, 5.74) is 9.94. The Balaban J connectivity index is 1.86. The predicted octanol–water partition coefficient (Wildman–Crippen LogP) is 2.92. The summed E-state index contributed by atoms with van der Waals surface area (Å²) in [6.07, 6.45) is 4.88. The highest BCUT2D eigenvalue weighted by atomic mass is 14.9. The predicted molar refractivity (Wildman–Crippen MR) is 67.3 cm³/mol. The first kappa shape index (κ1) is 10.3. The van der Waals surface area contributed by atoms with E-state index in [0.29, 0.717) is 0 Å². The highest BCUT2D eigenvalue weighted by Crippen LogP contribution is 2.54. The van der Waals surface area contributed by atoms with E-state index >= 15 is 0 Å². The first-order valence-electron chi connectivity index (χ1n) is 6.39. The van der Waals surface area contributed by atoms with Crippen molar-refractivity contribution in [1.82, 2.24) is 0 Å². The first-order chi connectivity index (χ1) is 7.53. The molecule has 0 saturated heterocycles. The molecule has 2 aliphatic rings. The molecule has 0 atom stereocenters. The summed E-state index contributed by atoms with van der Waals surface area (Å²) in [6.45, 7) is 4.74. The number of hydrogen-bond donors (Lipinski definition) is 1. The summed E-state index contributed by atoms with van der Waals surface area (Å²) in [5.74, 6) is 0.734. The Morgan fingerprint density at radius 3 is 2.06 bits per heavy atom. The lowest BCUT2D eigenvalue weighted by molar-refractivity contribution is 0.157. The molecule has 0 aliphatic heterocycles. The molecule has 0 heterocycles. The molecule has 0 bridgehead atoms. The molecule has 0 aromatic heterocycles. The molecule has 0 amide bonds. The molecule has 1 saturated carbocycles. The van der Waals surface area contributed by atoms with Crippen molar-refractivity contribution in [1.29, 1.82) is 0 Å². The third kappa shape index (κ3) is 1.34. The molecular weight excluding hydrogens is 194 g/mol. The minimum atomic E-state index is 0.125. The molecule has 1 fully saturated rings. The molecule has 3 rings (SSSR count).